The van der Waals surface area contributed by atoms with Crippen LogP contribution in [-0.2, 0) is 23.8 Å². The first-order valence-corrected chi connectivity index (χ1v) is 9.15. The van der Waals surface area contributed by atoms with Crippen molar-refractivity contribution in [2.45, 2.75) is 57.0 Å². The number of ether oxygens (including phenoxy) is 3. The number of aliphatic hydroxyl groups is 2. The van der Waals surface area contributed by atoms with E-state index < -0.39 is 36.7 Å². The van der Waals surface area contributed by atoms with E-state index in [-0.39, 0.29) is 29.5 Å². The van der Waals surface area contributed by atoms with Crippen LogP contribution in [0.5, 0.6) is 0 Å². The van der Waals surface area contributed by atoms with Gasteiger partial charge < -0.3 is 24.4 Å². The van der Waals surface area contributed by atoms with Crippen LogP contribution >= 0.6 is 0 Å². The highest BCUT2D eigenvalue weighted by atomic mass is 16.6. The van der Waals surface area contributed by atoms with Crippen molar-refractivity contribution >= 4 is 11.9 Å². The van der Waals surface area contributed by atoms with E-state index in [2.05, 4.69) is 12.7 Å². The average molecular weight is 378 g/mol. The Balaban J connectivity index is 1.92. The maximum absolute atomic E-state index is 12.5. The smallest absolute Gasteiger partial charge is 0.336 e. The molecule has 2 fully saturated rings. The molecule has 2 heterocycles. The zero-order valence-corrected chi connectivity index (χ0v) is 15.6. The monoisotopic (exact) mass is 378 g/mol. The third kappa shape index (κ3) is 3.85. The minimum atomic E-state index is -0.730. The molecule has 2 saturated heterocycles. The molecule has 7 heteroatoms. The molecule has 27 heavy (non-hydrogen) atoms. The minimum absolute atomic E-state index is 0.0314. The molecule has 0 saturated carbocycles. The molecule has 2 N–H and O–H groups in total. The van der Waals surface area contributed by atoms with Crippen molar-refractivity contribution in [1.29, 1.82) is 0 Å². The number of carbonyl (C=O) groups excluding carboxylic acids is 2. The molecule has 0 amide bonds. The molecule has 0 aromatic rings. The van der Waals surface area contributed by atoms with Gasteiger partial charge in [-0.15, -0.1) is 0 Å². The minimum Gasteiger partial charge on any atom is -0.458 e. The van der Waals surface area contributed by atoms with Crippen LogP contribution in [0.1, 0.15) is 33.1 Å². The van der Waals surface area contributed by atoms with Gasteiger partial charge >= 0.3 is 11.9 Å². The molecule has 0 unspecified atom stereocenters. The molecule has 0 aromatic carbocycles. The van der Waals surface area contributed by atoms with E-state index in [0.717, 1.165) is 18.4 Å². The summed E-state index contributed by atoms with van der Waals surface area (Å²) in [5, 5.41) is 18.4. The average Bonchev–Trinajstić information content (AvgIpc) is 3.19. The largest absolute Gasteiger partial charge is 0.458 e. The fourth-order valence-corrected chi connectivity index (χ4v) is 3.95. The number of rotatable bonds is 4. The molecule has 2 aliphatic heterocycles. The first-order chi connectivity index (χ1) is 12.8. The zero-order valence-electron chi connectivity index (χ0n) is 15.6. The molecule has 3 aliphatic rings. The van der Waals surface area contributed by atoms with Gasteiger partial charge in [-0.1, -0.05) is 18.2 Å². The highest BCUT2D eigenvalue weighted by Gasteiger charge is 2.63. The van der Waals surface area contributed by atoms with E-state index in [1.165, 1.54) is 6.08 Å². The first kappa shape index (κ1) is 19.8. The second-order valence-electron chi connectivity index (χ2n) is 7.58. The summed E-state index contributed by atoms with van der Waals surface area (Å²) in [5.41, 5.74) is 0.888. The van der Waals surface area contributed by atoms with Crippen LogP contribution in [0.4, 0.5) is 0 Å². The lowest BCUT2D eigenvalue weighted by molar-refractivity contribution is -0.149. The number of epoxide rings is 1. The number of carbonyl (C=O) groups is 2. The molecule has 7 nitrogen and oxygen atoms in total. The Labute approximate surface area is 158 Å². The van der Waals surface area contributed by atoms with Crippen molar-refractivity contribution in [1.82, 2.24) is 0 Å². The zero-order chi connectivity index (χ0) is 19.8. The van der Waals surface area contributed by atoms with Gasteiger partial charge in [-0.25, -0.2) is 9.59 Å². The van der Waals surface area contributed by atoms with Crippen molar-refractivity contribution in [3.63, 3.8) is 0 Å². The topological polar surface area (TPSA) is 106 Å². The van der Waals surface area contributed by atoms with Crippen LogP contribution in [0.25, 0.3) is 0 Å². The van der Waals surface area contributed by atoms with Crippen LogP contribution in [0.2, 0.25) is 0 Å². The fraction of sp³-hybridized carbons (Fsp3) is 0.600. The first-order valence-electron chi connectivity index (χ1n) is 9.15. The van der Waals surface area contributed by atoms with Crippen LogP contribution in [0.3, 0.4) is 0 Å². The lowest BCUT2D eigenvalue weighted by Gasteiger charge is -2.28. The quantitative estimate of drug-likeness (QED) is 0.328. The fourth-order valence-electron chi connectivity index (χ4n) is 3.95. The van der Waals surface area contributed by atoms with E-state index in [1.807, 2.05) is 13.8 Å². The third-order valence-electron chi connectivity index (χ3n) is 5.59. The molecule has 5 atom stereocenters. The van der Waals surface area contributed by atoms with Gasteiger partial charge in [0, 0.05) is 12.0 Å². The lowest BCUT2D eigenvalue weighted by Crippen LogP contribution is -2.38. The molecular weight excluding hydrogens is 352 g/mol. The summed E-state index contributed by atoms with van der Waals surface area (Å²) in [7, 11) is 0. The number of hydrogen-bond acceptors (Lipinski definition) is 7. The van der Waals surface area contributed by atoms with Crippen molar-refractivity contribution in [2.75, 3.05) is 13.2 Å². The highest BCUT2D eigenvalue weighted by molar-refractivity contribution is 5.92. The summed E-state index contributed by atoms with van der Waals surface area (Å²) in [6.45, 7) is 6.86. The molecule has 0 aromatic heterocycles. The molecule has 148 valence electrons. The highest BCUT2D eigenvalue weighted by Crippen LogP contribution is 2.50. The summed E-state index contributed by atoms with van der Waals surface area (Å²) in [6, 6.07) is 0. The molecular formula is C20H26O7. The van der Waals surface area contributed by atoms with E-state index in [4.69, 9.17) is 19.3 Å². The Morgan fingerprint density at radius 2 is 2.22 bits per heavy atom. The summed E-state index contributed by atoms with van der Waals surface area (Å²) in [6.07, 6.45) is 3.85. The van der Waals surface area contributed by atoms with Crippen molar-refractivity contribution in [3.8, 4) is 0 Å². The van der Waals surface area contributed by atoms with Crippen molar-refractivity contribution < 1.29 is 34.0 Å². The van der Waals surface area contributed by atoms with Gasteiger partial charge in [0.25, 0.3) is 0 Å². The van der Waals surface area contributed by atoms with E-state index in [1.54, 1.807) is 0 Å². The van der Waals surface area contributed by atoms with Gasteiger partial charge in [0.15, 0.2) is 0 Å². The Morgan fingerprint density at radius 1 is 1.48 bits per heavy atom. The summed E-state index contributed by atoms with van der Waals surface area (Å²) >= 11 is 0. The molecule has 0 bridgehead atoms. The van der Waals surface area contributed by atoms with E-state index in [0.29, 0.717) is 6.42 Å². The van der Waals surface area contributed by atoms with Gasteiger partial charge in [0.05, 0.1) is 30.3 Å². The predicted molar refractivity (Wildman–Crippen MR) is 95.5 cm³/mol. The van der Waals surface area contributed by atoms with Crippen LogP contribution in [-0.4, -0.2) is 59.3 Å². The second-order valence-corrected chi connectivity index (χ2v) is 7.58. The lowest BCUT2D eigenvalue weighted by atomic mass is 9.82. The summed E-state index contributed by atoms with van der Waals surface area (Å²) in [5.74, 6) is -1.76. The number of fused-ring (bicyclic) bond motifs is 3. The van der Waals surface area contributed by atoms with Crippen molar-refractivity contribution in [2.24, 2.45) is 5.92 Å². The third-order valence-corrected chi connectivity index (χ3v) is 5.59. The van der Waals surface area contributed by atoms with E-state index in [9.17, 15) is 14.7 Å². The van der Waals surface area contributed by atoms with Gasteiger partial charge in [-0.05, 0) is 32.8 Å². The Kier molecular flexibility index (Phi) is 5.55. The number of aliphatic hydroxyl groups excluding tert-OH is 2. The SMILES string of the molecule is C=C1C(=O)O[C@H]2[C@H]1[C@@H](OC(=O)/C(=C/CO)CO)C/C(C)=C\CC[C@@]1(C)O[C@H]21. The molecule has 0 radical (unpaired) electrons. The van der Waals surface area contributed by atoms with Gasteiger partial charge in [-0.3, -0.25) is 0 Å². The number of esters is 2. The van der Waals surface area contributed by atoms with Crippen molar-refractivity contribution in [3.05, 3.63) is 35.5 Å². The van der Waals surface area contributed by atoms with E-state index >= 15 is 0 Å². The maximum atomic E-state index is 12.5. The maximum Gasteiger partial charge on any atom is 0.336 e. The van der Waals surface area contributed by atoms with Gasteiger partial charge in [0.1, 0.15) is 18.3 Å². The molecule has 0 spiro atoms. The van der Waals surface area contributed by atoms with Crippen LogP contribution < -0.4 is 0 Å². The van der Waals surface area contributed by atoms with Gasteiger partial charge in [-0.2, -0.15) is 0 Å². The molecule has 1 aliphatic carbocycles. The second kappa shape index (κ2) is 7.58. The normalized spacial score (nSPS) is 38.2. The Bertz CT molecular complexity index is 707. The standard InChI is InChI=1S/C20H26O7/c1-11-5-4-7-20(3)17(27-20)16-15(12(2)18(23)26-16)14(9-11)25-19(24)13(10-22)6-8-21/h5-6,14-17,21-22H,2,4,7-10H2,1,3H3/b11-5-,13-6+/t14-,15+,16-,17+,20+/m0/s1. The molecule has 3 rings (SSSR count). The number of hydrogen-bond donors (Lipinski definition) is 2. The summed E-state index contributed by atoms with van der Waals surface area (Å²) < 4.78 is 17.1. The van der Waals surface area contributed by atoms with Crippen LogP contribution in [0, 0.1) is 5.92 Å². The predicted octanol–water partition coefficient (Wildman–Crippen LogP) is 1.19. The summed E-state index contributed by atoms with van der Waals surface area (Å²) in [4.78, 5) is 24.6. The van der Waals surface area contributed by atoms with Gasteiger partial charge in [0.2, 0.25) is 0 Å². The Hall–Kier alpha value is -1.96. The van der Waals surface area contributed by atoms with Crippen LogP contribution in [0.15, 0.2) is 35.5 Å². The number of allylic oxidation sites excluding steroid dienone is 1. The Morgan fingerprint density at radius 3 is 2.89 bits per heavy atom.